The van der Waals surface area contributed by atoms with Crippen LogP contribution >= 0.6 is 11.8 Å². The van der Waals surface area contributed by atoms with Gasteiger partial charge in [-0.05, 0) is 37.1 Å². The Bertz CT molecular complexity index is 370. The number of nitriles is 1. The number of aryl methyl sites for hydroxylation is 2. The van der Waals surface area contributed by atoms with Gasteiger partial charge in [-0.25, -0.2) is 0 Å². The summed E-state index contributed by atoms with van der Waals surface area (Å²) in [5.41, 5.74) is 2.53. The van der Waals surface area contributed by atoms with Gasteiger partial charge in [0.2, 0.25) is 0 Å². The Morgan fingerprint density at radius 2 is 2.13 bits per heavy atom. The molecule has 3 heteroatoms. The van der Waals surface area contributed by atoms with E-state index in [1.165, 1.54) is 11.1 Å². The highest BCUT2D eigenvalue weighted by Gasteiger charge is 2.04. The van der Waals surface area contributed by atoms with Crippen LogP contribution in [-0.2, 0) is 0 Å². The Balaban J connectivity index is 2.51. The third-order valence-corrected chi connectivity index (χ3v) is 3.39. The van der Waals surface area contributed by atoms with E-state index in [1.807, 2.05) is 12.1 Å². The maximum atomic E-state index is 9.39. The number of aliphatic hydroxyl groups is 1. The Morgan fingerprint density at radius 1 is 1.40 bits per heavy atom. The number of nitrogens with zero attached hydrogens (tertiary/aromatic N) is 1. The van der Waals surface area contributed by atoms with Crippen LogP contribution in [0.1, 0.15) is 17.5 Å². The monoisotopic (exact) mass is 221 g/mol. The van der Waals surface area contributed by atoms with E-state index >= 15 is 0 Å². The average Bonchev–Trinajstić information content (AvgIpc) is 2.20. The Labute approximate surface area is 94.9 Å². The lowest BCUT2D eigenvalue weighted by molar-refractivity contribution is 0.205. The van der Waals surface area contributed by atoms with Crippen LogP contribution in [0.15, 0.2) is 23.1 Å². The van der Waals surface area contributed by atoms with Crippen LogP contribution in [0.4, 0.5) is 0 Å². The molecule has 1 N–H and O–H groups in total. The highest BCUT2D eigenvalue weighted by molar-refractivity contribution is 7.99. The van der Waals surface area contributed by atoms with Crippen LogP contribution in [0.5, 0.6) is 0 Å². The summed E-state index contributed by atoms with van der Waals surface area (Å²) in [5, 5.41) is 17.8. The molecule has 0 heterocycles. The first kappa shape index (κ1) is 12.1. The minimum atomic E-state index is -0.526. The zero-order chi connectivity index (χ0) is 11.3. The molecule has 0 bridgehead atoms. The van der Waals surface area contributed by atoms with Gasteiger partial charge in [0.05, 0.1) is 18.6 Å². The molecule has 0 aromatic heterocycles. The number of aliphatic hydroxyl groups excluding tert-OH is 1. The van der Waals surface area contributed by atoms with Crippen molar-refractivity contribution in [3.63, 3.8) is 0 Å². The van der Waals surface area contributed by atoms with E-state index in [-0.39, 0.29) is 6.42 Å². The van der Waals surface area contributed by atoms with Crippen molar-refractivity contribution in [2.24, 2.45) is 0 Å². The standard InChI is InChI=1S/C12H15NOS/c1-9-3-4-12(7-10(9)2)15-8-11(14)5-6-13/h3-4,7,11,14H,5,8H2,1-2H3. The molecular weight excluding hydrogens is 206 g/mol. The molecule has 1 rings (SSSR count). The molecule has 1 aromatic rings. The zero-order valence-electron chi connectivity index (χ0n) is 9.03. The van der Waals surface area contributed by atoms with E-state index in [0.717, 1.165) is 4.90 Å². The van der Waals surface area contributed by atoms with Crippen molar-refractivity contribution in [2.45, 2.75) is 31.3 Å². The van der Waals surface area contributed by atoms with Crippen molar-refractivity contribution < 1.29 is 5.11 Å². The summed E-state index contributed by atoms with van der Waals surface area (Å²) in [6.45, 7) is 4.15. The predicted molar refractivity (Wildman–Crippen MR) is 62.9 cm³/mol. The first-order valence-corrected chi connectivity index (χ1v) is 5.87. The Kier molecular flexibility index (Phi) is 4.67. The second kappa shape index (κ2) is 5.79. The van der Waals surface area contributed by atoms with Crippen molar-refractivity contribution in [2.75, 3.05) is 5.75 Å². The molecule has 0 spiro atoms. The number of hydrogen-bond acceptors (Lipinski definition) is 3. The van der Waals surface area contributed by atoms with Gasteiger partial charge in [-0.3, -0.25) is 0 Å². The van der Waals surface area contributed by atoms with Crippen molar-refractivity contribution in [3.8, 4) is 6.07 Å². The van der Waals surface area contributed by atoms with E-state index in [0.29, 0.717) is 5.75 Å². The lowest BCUT2D eigenvalue weighted by Crippen LogP contribution is -2.08. The second-order valence-electron chi connectivity index (χ2n) is 3.57. The van der Waals surface area contributed by atoms with Crippen LogP contribution in [0.25, 0.3) is 0 Å². The molecule has 0 radical (unpaired) electrons. The fraction of sp³-hybridized carbons (Fsp3) is 0.417. The van der Waals surface area contributed by atoms with Crippen LogP contribution in [0, 0.1) is 25.2 Å². The van der Waals surface area contributed by atoms with Crippen molar-refractivity contribution in [1.29, 1.82) is 5.26 Å². The number of benzene rings is 1. The molecular formula is C12H15NOS. The van der Waals surface area contributed by atoms with Gasteiger partial charge < -0.3 is 5.11 Å². The molecule has 2 nitrogen and oxygen atoms in total. The maximum absolute atomic E-state index is 9.39. The largest absolute Gasteiger partial charge is 0.391 e. The van der Waals surface area contributed by atoms with E-state index < -0.39 is 6.10 Å². The molecule has 0 aliphatic heterocycles. The van der Waals surface area contributed by atoms with E-state index in [2.05, 4.69) is 26.0 Å². The molecule has 0 fully saturated rings. The molecule has 80 valence electrons. The highest BCUT2D eigenvalue weighted by Crippen LogP contribution is 2.22. The summed E-state index contributed by atoms with van der Waals surface area (Å²) < 4.78 is 0. The fourth-order valence-corrected chi connectivity index (χ4v) is 2.09. The molecule has 1 aromatic carbocycles. The molecule has 0 aliphatic carbocycles. The minimum Gasteiger partial charge on any atom is -0.391 e. The predicted octanol–water partition coefficient (Wildman–Crippen LogP) is 2.67. The number of hydrogen-bond donors (Lipinski definition) is 1. The van der Waals surface area contributed by atoms with Crippen LogP contribution in [0.2, 0.25) is 0 Å². The number of thioether (sulfide) groups is 1. The van der Waals surface area contributed by atoms with Crippen molar-refractivity contribution in [3.05, 3.63) is 29.3 Å². The first-order chi connectivity index (χ1) is 7.13. The summed E-state index contributed by atoms with van der Waals surface area (Å²) in [7, 11) is 0. The molecule has 1 unspecified atom stereocenters. The third kappa shape index (κ3) is 3.94. The first-order valence-electron chi connectivity index (χ1n) is 4.88. The quantitative estimate of drug-likeness (QED) is 0.795. The Morgan fingerprint density at radius 3 is 2.73 bits per heavy atom. The second-order valence-corrected chi connectivity index (χ2v) is 4.67. The smallest absolute Gasteiger partial charge is 0.0763 e. The molecule has 0 saturated carbocycles. The summed E-state index contributed by atoms with van der Waals surface area (Å²) in [4.78, 5) is 1.15. The summed E-state index contributed by atoms with van der Waals surface area (Å²) in [6, 6.07) is 8.20. The normalized spacial score (nSPS) is 12.1. The van der Waals surface area contributed by atoms with Gasteiger partial charge in [0, 0.05) is 10.6 Å². The SMILES string of the molecule is Cc1ccc(SCC(O)CC#N)cc1C. The number of rotatable bonds is 4. The van der Waals surface area contributed by atoms with Gasteiger partial charge in [-0.1, -0.05) is 6.07 Å². The lowest BCUT2D eigenvalue weighted by atomic mass is 10.1. The van der Waals surface area contributed by atoms with E-state index in [1.54, 1.807) is 11.8 Å². The maximum Gasteiger partial charge on any atom is 0.0763 e. The molecule has 0 amide bonds. The molecule has 15 heavy (non-hydrogen) atoms. The van der Waals surface area contributed by atoms with Gasteiger partial charge >= 0.3 is 0 Å². The lowest BCUT2D eigenvalue weighted by Gasteiger charge is -2.07. The van der Waals surface area contributed by atoms with Gasteiger partial charge in [0.25, 0.3) is 0 Å². The Hall–Kier alpha value is -0.980. The minimum absolute atomic E-state index is 0.206. The van der Waals surface area contributed by atoms with Gasteiger partial charge in [-0.2, -0.15) is 5.26 Å². The fourth-order valence-electron chi connectivity index (χ4n) is 1.16. The van der Waals surface area contributed by atoms with Crippen LogP contribution in [0.3, 0.4) is 0 Å². The summed E-state index contributed by atoms with van der Waals surface area (Å²) in [5.74, 6) is 0.579. The van der Waals surface area contributed by atoms with Crippen LogP contribution in [-0.4, -0.2) is 17.0 Å². The van der Waals surface area contributed by atoms with E-state index in [4.69, 9.17) is 5.26 Å². The topological polar surface area (TPSA) is 44.0 Å². The summed E-state index contributed by atoms with van der Waals surface area (Å²) in [6.07, 6.45) is -0.320. The summed E-state index contributed by atoms with van der Waals surface area (Å²) >= 11 is 1.59. The third-order valence-electron chi connectivity index (χ3n) is 2.25. The van der Waals surface area contributed by atoms with E-state index in [9.17, 15) is 5.11 Å². The molecule has 0 aliphatic rings. The molecule has 0 saturated heterocycles. The highest BCUT2D eigenvalue weighted by atomic mass is 32.2. The zero-order valence-corrected chi connectivity index (χ0v) is 9.84. The van der Waals surface area contributed by atoms with Crippen molar-refractivity contribution >= 4 is 11.8 Å². The van der Waals surface area contributed by atoms with Gasteiger partial charge in [0.1, 0.15) is 0 Å². The molecule has 1 atom stereocenters. The van der Waals surface area contributed by atoms with Crippen molar-refractivity contribution in [1.82, 2.24) is 0 Å². The van der Waals surface area contributed by atoms with Gasteiger partial charge in [0.15, 0.2) is 0 Å². The van der Waals surface area contributed by atoms with Crippen LogP contribution < -0.4 is 0 Å². The average molecular weight is 221 g/mol. The van der Waals surface area contributed by atoms with Gasteiger partial charge in [-0.15, -0.1) is 11.8 Å².